The van der Waals surface area contributed by atoms with Crippen molar-refractivity contribution in [3.63, 3.8) is 0 Å². The number of amides is 4. The zero-order valence-electron chi connectivity index (χ0n) is 12.5. The number of nitrogens with zero attached hydrogens (tertiary/aromatic N) is 1. The average Bonchev–Trinajstić information content (AvgIpc) is 2.74. The van der Waals surface area contributed by atoms with E-state index in [4.69, 9.17) is 11.6 Å². The number of halogens is 1. The zero-order chi connectivity index (χ0) is 16.3. The lowest BCUT2D eigenvalue weighted by molar-refractivity contribution is -0.139. The molecule has 1 aliphatic heterocycles. The van der Waals surface area contributed by atoms with E-state index >= 15 is 0 Å². The first-order chi connectivity index (χ1) is 10.4. The minimum atomic E-state index is -0.926. The Morgan fingerprint density at radius 2 is 1.82 bits per heavy atom. The van der Waals surface area contributed by atoms with E-state index in [1.54, 1.807) is 24.3 Å². The van der Waals surface area contributed by atoms with E-state index in [-0.39, 0.29) is 6.42 Å². The fraction of sp³-hybridized carbons (Fsp3) is 0.400. The van der Waals surface area contributed by atoms with Gasteiger partial charge in [0, 0.05) is 5.02 Å². The lowest BCUT2D eigenvalue weighted by atomic mass is 9.93. The highest BCUT2D eigenvalue weighted by Crippen LogP contribution is 2.23. The first-order valence-electron chi connectivity index (χ1n) is 7.12. The number of imide groups is 1. The van der Waals surface area contributed by atoms with Crippen LogP contribution in [0.2, 0.25) is 5.02 Å². The predicted octanol–water partition coefficient (Wildman–Crippen LogP) is 2.02. The smallest absolute Gasteiger partial charge is 0.322 e. The summed E-state index contributed by atoms with van der Waals surface area (Å²) >= 11 is 5.78. The van der Waals surface area contributed by atoms with Crippen molar-refractivity contribution in [1.29, 1.82) is 0 Å². The van der Waals surface area contributed by atoms with E-state index in [1.807, 2.05) is 13.8 Å². The third-order valence-electron chi connectivity index (χ3n) is 3.88. The van der Waals surface area contributed by atoms with Gasteiger partial charge in [0.05, 0.1) is 6.42 Å². The summed E-state index contributed by atoms with van der Waals surface area (Å²) in [6.07, 6.45) is 0.995. The summed E-state index contributed by atoms with van der Waals surface area (Å²) in [6, 6.07) is 6.19. The van der Waals surface area contributed by atoms with E-state index in [1.165, 1.54) is 0 Å². The van der Waals surface area contributed by atoms with Gasteiger partial charge in [-0.1, -0.05) is 37.6 Å². The second-order valence-electron chi connectivity index (χ2n) is 5.20. The Morgan fingerprint density at radius 3 is 2.32 bits per heavy atom. The number of carbonyl (C=O) groups excluding carboxylic acids is 3. The van der Waals surface area contributed by atoms with Gasteiger partial charge in [-0.25, -0.2) is 4.79 Å². The fourth-order valence-electron chi connectivity index (χ4n) is 2.40. The van der Waals surface area contributed by atoms with Crippen molar-refractivity contribution in [3.8, 4) is 0 Å². The lowest BCUT2D eigenvalue weighted by Crippen LogP contribution is -2.49. The summed E-state index contributed by atoms with van der Waals surface area (Å²) in [4.78, 5) is 36.3. The molecule has 0 aliphatic carbocycles. The molecular formula is C15H18ClN3O3. The molecule has 118 valence electrons. The molecular weight excluding hydrogens is 306 g/mol. The Morgan fingerprint density at radius 1 is 1.23 bits per heavy atom. The normalized spacial score (nSPS) is 16.6. The molecule has 0 atom stereocenters. The molecule has 1 fully saturated rings. The van der Waals surface area contributed by atoms with Crippen LogP contribution in [0.3, 0.4) is 0 Å². The predicted molar refractivity (Wildman–Crippen MR) is 82.0 cm³/mol. The molecule has 1 aliphatic rings. The summed E-state index contributed by atoms with van der Waals surface area (Å²) in [5.74, 6) is -0.860. The van der Waals surface area contributed by atoms with Crippen LogP contribution in [0.15, 0.2) is 24.3 Å². The van der Waals surface area contributed by atoms with Crippen LogP contribution in [-0.4, -0.2) is 28.4 Å². The molecule has 0 bridgehead atoms. The van der Waals surface area contributed by atoms with Gasteiger partial charge >= 0.3 is 6.03 Å². The summed E-state index contributed by atoms with van der Waals surface area (Å²) in [6.45, 7) is 3.64. The summed E-state index contributed by atoms with van der Waals surface area (Å²) < 4.78 is 0. The summed E-state index contributed by atoms with van der Waals surface area (Å²) in [7, 11) is 0. The van der Waals surface area contributed by atoms with Gasteiger partial charge in [0.15, 0.2) is 0 Å². The highest BCUT2D eigenvalue weighted by Gasteiger charge is 2.49. The third-order valence-corrected chi connectivity index (χ3v) is 4.14. The Bertz CT molecular complexity index is 597. The van der Waals surface area contributed by atoms with Crippen LogP contribution >= 0.6 is 11.6 Å². The van der Waals surface area contributed by atoms with Gasteiger partial charge in [-0.15, -0.1) is 0 Å². The first-order valence-corrected chi connectivity index (χ1v) is 7.50. The maximum absolute atomic E-state index is 12.3. The molecule has 4 amide bonds. The quantitative estimate of drug-likeness (QED) is 0.814. The topological polar surface area (TPSA) is 78.5 Å². The monoisotopic (exact) mass is 323 g/mol. The van der Waals surface area contributed by atoms with Crippen LogP contribution < -0.4 is 10.7 Å². The van der Waals surface area contributed by atoms with Gasteiger partial charge in [0.2, 0.25) is 5.91 Å². The van der Waals surface area contributed by atoms with Crippen molar-refractivity contribution in [2.24, 2.45) is 0 Å². The van der Waals surface area contributed by atoms with Crippen LogP contribution in [0.25, 0.3) is 0 Å². The highest BCUT2D eigenvalue weighted by atomic mass is 35.5. The van der Waals surface area contributed by atoms with Crippen LogP contribution in [0.4, 0.5) is 4.79 Å². The molecule has 0 aromatic heterocycles. The first kappa shape index (κ1) is 16.3. The molecule has 0 radical (unpaired) electrons. The molecule has 0 saturated carbocycles. The van der Waals surface area contributed by atoms with E-state index in [9.17, 15) is 14.4 Å². The van der Waals surface area contributed by atoms with E-state index < -0.39 is 23.4 Å². The van der Waals surface area contributed by atoms with Gasteiger partial charge in [0.25, 0.3) is 5.91 Å². The number of nitrogens with one attached hydrogen (secondary N) is 2. The highest BCUT2D eigenvalue weighted by molar-refractivity contribution is 6.30. The number of hydrazine groups is 1. The number of benzene rings is 1. The van der Waals surface area contributed by atoms with Crippen molar-refractivity contribution < 1.29 is 14.4 Å². The SMILES string of the molecule is CCC1(CC)NC(=O)N(NC(=O)Cc2ccc(Cl)cc2)C1=O. The molecule has 1 heterocycles. The molecule has 6 nitrogen and oxygen atoms in total. The second kappa shape index (κ2) is 6.36. The average molecular weight is 324 g/mol. The van der Waals surface area contributed by atoms with Crippen molar-refractivity contribution in [3.05, 3.63) is 34.9 Å². The molecule has 0 spiro atoms. The number of carbonyl (C=O) groups is 3. The molecule has 2 rings (SSSR count). The Labute approximate surface area is 133 Å². The van der Waals surface area contributed by atoms with Crippen LogP contribution in [0.5, 0.6) is 0 Å². The zero-order valence-corrected chi connectivity index (χ0v) is 13.2. The molecule has 1 aromatic carbocycles. The third kappa shape index (κ3) is 3.06. The van der Waals surface area contributed by atoms with Gasteiger partial charge in [-0.05, 0) is 30.5 Å². The minimum absolute atomic E-state index is 0.0550. The molecule has 0 unspecified atom stereocenters. The van der Waals surface area contributed by atoms with Gasteiger partial charge in [-0.2, -0.15) is 5.01 Å². The minimum Gasteiger partial charge on any atom is -0.322 e. The number of hydrogen-bond acceptors (Lipinski definition) is 3. The lowest BCUT2D eigenvalue weighted by Gasteiger charge is -2.22. The molecule has 1 aromatic rings. The second-order valence-corrected chi connectivity index (χ2v) is 5.63. The maximum atomic E-state index is 12.3. The Hall–Kier alpha value is -2.08. The van der Waals surface area contributed by atoms with Crippen LogP contribution in [-0.2, 0) is 16.0 Å². The fourth-order valence-corrected chi connectivity index (χ4v) is 2.53. The van der Waals surface area contributed by atoms with E-state index in [0.717, 1.165) is 10.6 Å². The van der Waals surface area contributed by atoms with Crippen molar-refractivity contribution in [2.75, 3.05) is 0 Å². The standard InChI is InChI=1S/C15H18ClN3O3/c1-3-15(4-2)13(21)19(14(22)17-15)18-12(20)9-10-5-7-11(16)8-6-10/h5-8H,3-4,9H2,1-2H3,(H,17,22)(H,18,20). The van der Waals surface area contributed by atoms with Crippen LogP contribution in [0.1, 0.15) is 32.3 Å². The van der Waals surface area contributed by atoms with Crippen molar-refractivity contribution >= 4 is 29.4 Å². The number of rotatable bonds is 5. The Kier molecular flexibility index (Phi) is 4.71. The molecule has 1 saturated heterocycles. The van der Waals surface area contributed by atoms with Gasteiger partial charge in [0.1, 0.15) is 5.54 Å². The summed E-state index contributed by atoms with van der Waals surface area (Å²) in [5, 5.41) is 4.00. The number of hydrogen-bond donors (Lipinski definition) is 2. The van der Waals surface area contributed by atoms with E-state index in [0.29, 0.717) is 17.9 Å². The van der Waals surface area contributed by atoms with Gasteiger partial charge < -0.3 is 5.32 Å². The van der Waals surface area contributed by atoms with E-state index in [2.05, 4.69) is 10.7 Å². The van der Waals surface area contributed by atoms with Crippen LogP contribution in [0, 0.1) is 0 Å². The van der Waals surface area contributed by atoms with Gasteiger partial charge in [-0.3, -0.25) is 15.0 Å². The number of urea groups is 1. The molecule has 22 heavy (non-hydrogen) atoms. The Balaban J connectivity index is 2.04. The molecule has 7 heteroatoms. The maximum Gasteiger partial charge on any atom is 0.344 e. The largest absolute Gasteiger partial charge is 0.344 e. The van der Waals surface area contributed by atoms with Crippen molar-refractivity contribution in [2.45, 2.75) is 38.6 Å². The summed E-state index contributed by atoms with van der Waals surface area (Å²) in [5.41, 5.74) is 2.18. The van der Waals surface area contributed by atoms with Crippen molar-refractivity contribution in [1.82, 2.24) is 15.8 Å². The molecule has 2 N–H and O–H groups in total.